The minimum Gasteiger partial charge on any atom is -0.399 e. The van der Waals surface area contributed by atoms with Crippen LogP contribution in [0.25, 0.3) is 11.3 Å². The molecule has 1 saturated carbocycles. The van der Waals surface area contributed by atoms with Crippen molar-refractivity contribution in [1.29, 1.82) is 0 Å². The molecule has 39 heavy (non-hydrogen) atoms. The van der Waals surface area contributed by atoms with Crippen LogP contribution in [0.3, 0.4) is 0 Å². The Bertz CT molecular complexity index is 1290. The van der Waals surface area contributed by atoms with Gasteiger partial charge in [0.15, 0.2) is 0 Å². The van der Waals surface area contributed by atoms with Crippen LogP contribution in [0.5, 0.6) is 0 Å². The van der Waals surface area contributed by atoms with Gasteiger partial charge in [-0.1, -0.05) is 46.6 Å². The van der Waals surface area contributed by atoms with Crippen LogP contribution in [0, 0.1) is 0 Å². The number of ether oxygens (including phenoxy) is 1. The lowest BCUT2D eigenvalue weighted by molar-refractivity contribution is 0.00578. The molecule has 2 aromatic carbocycles. The second-order valence-corrected chi connectivity index (χ2v) is 12.7. The average molecular weight is 569 g/mol. The predicted molar refractivity (Wildman–Crippen MR) is 156 cm³/mol. The summed E-state index contributed by atoms with van der Waals surface area (Å²) in [6.45, 7) is 10.6. The molecule has 0 amide bonds. The number of benzene rings is 2. The van der Waals surface area contributed by atoms with Crippen LogP contribution in [0.4, 0.5) is 5.69 Å². The summed E-state index contributed by atoms with van der Waals surface area (Å²) < 4.78 is 24.7. The Morgan fingerprint density at radius 2 is 1.54 bits per heavy atom. The van der Waals surface area contributed by atoms with Crippen molar-refractivity contribution in [1.82, 2.24) is 5.16 Å². The molecule has 3 aliphatic rings. The zero-order valence-corrected chi connectivity index (χ0v) is 24.5. The number of rotatable bonds is 7. The van der Waals surface area contributed by atoms with Crippen molar-refractivity contribution in [2.45, 2.75) is 83.2 Å². The van der Waals surface area contributed by atoms with Gasteiger partial charge in [-0.15, -0.1) is 0 Å². The number of piperidine rings is 1. The van der Waals surface area contributed by atoms with Crippen molar-refractivity contribution >= 4 is 41.5 Å². The topological polar surface area (TPSA) is 57.0 Å². The fourth-order valence-electron chi connectivity index (χ4n) is 5.35. The second kappa shape index (κ2) is 10.4. The molecule has 0 atom stereocenters. The number of anilines is 1. The number of nitrogens with zero attached hydrogens (tertiary/aromatic N) is 2. The van der Waals surface area contributed by atoms with E-state index in [4.69, 9.17) is 41.8 Å². The van der Waals surface area contributed by atoms with Crippen LogP contribution < -0.4 is 10.4 Å². The predicted octanol–water partition coefficient (Wildman–Crippen LogP) is 7.01. The van der Waals surface area contributed by atoms with Gasteiger partial charge in [-0.2, -0.15) is 0 Å². The van der Waals surface area contributed by atoms with Gasteiger partial charge in [0, 0.05) is 35.8 Å². The fourth-order valence-corrected chi connectivity index (χ4v) is 5.93. The molecule has 2 saturated heterocycles. The minimum atomic E-state index is -0.343. The van der Waals surface area contributed by atoms with E-state index in [-0.39, 0.29) is 24.4 Å². The lowest BCUT2D eigenvalue weighted by Gasteiger charge is -2.33. The van der Waals surface area contributed by atoms with Gasteiger partial charge in [0.25, 0.3) is 0 Å². The molecule has 3 aromatic rings. The molecule has 6 nitrogen and oxygen atoms in total. The van der Waals surface area contributed by atoms with E-state index in [9.17, 15) is 0 Å². The maximum atomic E-state index is 6.51. The zero-order chi connectivity index (χ0) is 27.4. The quantitative estimate of drug-likeness (QED) is 0.286. The van der Waals surface area contributed by atoms with E-state index in [1.54, 1.807) is 0 Å². The Kier molecular flexibility index (Phi) is 7.26. The molecule has 0 spiro atoms. The smallest absolute Gasteiger partial charge is 0.399 e. The van der Waals surface area contributed by atoms with Crippen molar-refractivity contribution in [2.24, 2.45) is 0 Å². The van der Waals surface area contributed by atoms with Gasteiger partial charge in [-0.05, 0) is 83.1 Å². The van der Waals surface area contributed by atoms with Crippen molar-refractivity contribution in [3.63, 3.8) is 0 Å². The maximum absolute atomic E-state index is 6.51. The highest BCUT2D eigenvalue weighted by molar-refractivity contribution is 6.62. The molecule has 0 radical (unpaired) electrons. The molecular weight excluding hydrogens is 534 g/mol. The fraction of sp³-hybridized carbons (Fsp3) is 0.500. The molecule has 1 aromatic heterocycles. The van der Waals surface area contributed by atoms with Crippen LogP contribution in [-0.2, 0) is 20.7 Å². The van der Waals surface area contributed by atoms with E-state index in [1.165, 1.54) is 5.69 Å². The summed E-state index contributed by atoms with van der Waals surface area (Å²) >= 11 is 13.0. The van der Waals surface area contributed by atoms with Gasteiger partial charge in [-0.25, -0.2) is 0 Å². The van der Waals surface area contributed by atoms with Gasteiger partial charge in [0.1, 0.15) is 11.5 Å². The molecule has 6 rings (SSSR count). The molecule has 3 heterocycles. The number of halogens is 2. The molecule has 1 aliphatic carbocycles. The largest absolute Gasteiger partial charge is 0.494 e. The molecular formula is C30H35BCl2N2O4. The van der Waals surface area contributed by atoms with E-state index in [0.29, 0.717) is 33.8 Å². The zero-order valence-electron chi connectivity index (χ0n) is 23.0. The molecule has 9 heteroatoms. The normalized spacial score (nSPS) is 21.1. The summed E-state index contributed by atoms with van der Waals surface area (Å²) in [7, 11) is -0.341. The highest BCUT2D eigenvalue weighted by Gasteiger charge is 2.51. The summed E-state index contributed by atoms with van der Waals surface area (Å²) in [5, 5.41) is 5.52. The van der Waals surface area contributed by atoms with Crippen LogP contribution in [0.15, 0.2) is 47.0 Å². The number of hydrogen-bond donors (Lipinski definition) is 0. The third kappa shape index (κ3) is 5.37. The average Bonchev–Trinajstić information content (AvgIpc) is 3.62. The highest BCUT2D eigenvalue weighted by atomic mass is 35.5. The lowest BCUT2D eigenvalue weighted by Crippen LogP contribution is -2.41. The van der Waals surface area contributed by atoms with E-state index in [1.807, 2.05) is 18.2 Å². The SMILES string of the molecule is CC1(C)OB(c2ccc(N3CCC(OCc4c(-c5c(Cl)cccc5Cl)noc4C4CC4)CC3)cc2)OC1(C)C. The monoisotopic (exact) mass is 568 g/mol. The van der Waals surface area contributed by atoms with E-state index in [2.05, 4.69) is 62.0 Å². The second-order valence-electron chi connectivity index (χ2n) is 11.9. The maximum Gasteiger partial charge on any atom is 0.494 e. The summed E-state index contributed by atoms with van der Waals surface area (Å²) in [5.74, 6) is 1.33. The van der Waals surface area contributed by atoms with E-state index in [0.717, 1.165) is 55.6 Å². The van der Waals surface area contributed by atoms with Gasteiger partial charge in [0.05, 0.1) is 34.0 Å². The van der Waals surface area contributed by atoms with Gasteiger partial charge >= 0.3 is 7.12 Å². The van der Waals surface area contributed by atoms with Crippen LogP contribution in [0.1, 0.15) is 70.6 Å². The Morgan fingerprint density at radius 1 is 0.923 bits per heavy atom. The third-order valence-corrected chi connectivity index (χ3v) is 9.29. The van der Waals surface area contributed by atoms with Crippen molar-refractivity contribution < 1.29 is 18.6 Å². The van der Waals surface area contributed by atoms with Crippen molar-refractivity contribution in [2.75, 3.05) is 18.0 Å². The van der Waals surface area contributed by atoms with Crippen LogP contribution in [0.2, 0.25) is 10.0 Å². The summed E-state index contributed by atoms with van der Waals surface area (Å²) in [4.78, 5) is 2.41. The molecule has 3 fully saturated rings. The Morgan fingerprint density at radius 3 is 2.13 bits per heavy atom. The van der Waals surface area contributed by atoms with Crippen molar-refractivity contribution in [3.05, 3.63) is 63.8 Å². The minimum absolute atomic E-state index is 0.168. The molecule has 206 valence electrons. The number of hydrogen-bond acceptors (Lipinski definition) is 6. The first kappa shape index (κ1) is 27.2. The van der Waals surface area contributed by atoms with E-state index >= 15 is 0 Å². The van der Waals surface area contributed by atoms with E-state index < -0.39 is 0 Å². The number of aromatic nitrogens is 1. The molecule has 0 unspecified atom stereocenters. The van der Waals surface area contributed by atoms with Gasteiger partial charge in [-0.3, -0.25) is 0 Å². The lowest BCUT2D eigenvalue weighted by atomic mass is 9.79. The first-order valence-corrected chi connectivity index (χ1v) is 14.6. The van der Waals surface area contributed by atoms with Crippen LogP contribution >= 0.6 is 23.2 Å². The molecule has 0 bridgehead atoms. The highest BCUT2D eigenvalue weighted by Crippen LogP contribution is 2.46. The first-order valence-electron chi connectivity index (χ1n) is 13.9. The molecule has 2 aliphatic heterocycles. The Balaban J connectivity index is 1.08. The summed E-state index contributed by atoms with van der Waals surface area (Å²) in [6.07, 6.45) is 4.30. The van der Waals surface area contributed by atoms with Crippen LogP contribution in [-0.4, -0.2) is 42.7 Å². The third-order valence-electron chi connectivity index (χ3n) is 8.66. The standard InChI is InChI=1S/C30H35BCl2N2O4/c1-29(2)30(3,4)39-31(38-29)20-10-12-21(13-11-20)35-16-14-22(15-17-35)36-18-23-27(34-37-28(23)19-8-9-19)26-24(32)6-5-7-25(26)33/h5-7,10-13,19,22H,8-9,14-18H2,1-4H3. The summed E-state index contributed by atoms with van der Waals surface area (Å²) in [6, 6.07) is 14.1. The Labute approximate surface area is 241 Å². The molecule has 0 N–H and O–H groups in total. The van der Waals surface area contributed by atoms with Crippen molar-refractivity contribution in [3.8, 4) is 11.3 Å². The van der Waals surface area contributed by atoms with Gasteiger partial charge in [0.2, 0.25) is 0 Å². The summed E-state index contributed by atoms with van der Waals surface area (Å²) in [5.41, 5.74) is 3.97. The Hall–Kier alpha value is -2.03. The first-order chi connectivity index (χ1) is 18.6. The van der Waals surface area contributed by atoms with Gasteiger partial charge < -0.3 is 23.5 Å².